The van der Waals surface area contributed by atoms with Crippen LogP contribution in [0.3, 0.4) is 0 Å². The van der Waals surface area contributed by atoms with E-state index in [2.05, 4.69) is 100 Å². The fraction of sp³-hybridized carbons (Fsp3) is 0.829. The Bertz CT molecular complexity index is 2110. The standard InChI is InChI=1S/C70H124N6O11Si2/c1-13-15-17-19-21-23-29-35-41-49-82-65(77)55-63(86-88(9,10)69(3,4)5)57-67(79)84-51-43-37-31-25-27-33-39-45-61-59-75(73-71-61)47-53-81-54-48-76-60-62(72-74-76)46-40-34-28-26-32-38-44-52-85-68(80)58-64(87-89(11,12)70(6,7)8)56-66(78)83-50-42-36-30-24-22-20-18-16-14-2/h1-2,59-60,63-64H,15-58H2,3-12H3. The lowest BCUT2D eigenvalue weighted by molar-refractivity contribution is -0.151. The van der Waals surface area contributed by atoms with Gasteiger partial charge in [-0.1, -0.05) is 180 Å². The van der Waals surface area contributed by atoms with Gasteiger partial charge in [0.15, 0.2) is 16.6 Å². The van der Waals surface area contributed by atoms with E-state index in [1.165, 1.54) is 38.5 Å². The van der Waals surface area contributed by atoms with Crippen LogP contribution in [0.5, 0.6) is 0 Å². The highest BCUT2D eigenvalue weighted by molar-refractivity contribution is 6.74. The van der Waals surface area contributed by atoms with Gasteiger partial charge in [0.05, 0.1) is 102 Å². The number of hydrogen-bond donors (Lipinski definition) is 0. The number of esters is 4. The molecule has 0 radical (unpaired) electrons. The van der Waals surface area contributed by atoms with Gasteiger partial charge in [0.2, 0.25) is 0 Å². The lowest BCUT2D eigenvalue weighted by Crippen LogP contribution is -2.45. The van der Waals surface area contributed by atoms with Crippen molar-refractivity contribution in [3.05, 3.63) is 23.8 Å². The minimum Gasteiger partial charge on any atom is -0.466 e. The van der Waals surface area contributed by atoms with Gasteiger partial charge in [-0.2, -0.15) is 0 Å². The van der Waals surface area contributed by atoms with Gasteiger partial charge >= 0.3 is 23.9 Å². The van der Waals surface area contributed by atoms with Crippen LogP contribution in [0.25, 0.3) is 0 Å². The molecule has 17 nitrogen and oxygen atoms in total. The van der Waals surface area contributed by atoms with E-state index in [0.29, 0.717) is 52.7 Å². The predicted molar refractivity (Wildman–Crippen MR) is 361 cm³/mol. The van der Waals surface area contributed by atoms with Crippen LogP contribution in [0.4, 0.5) is 0 Å². The van der Waals surface area contributed by atoms with Crippen LogP contribution in [-0.4, -0.2) is 122 Å². The van der Waals surface area contributed by atoms with Gasteiger partial charge in [-0.05, 0) is 100 Å². The number of rotatable bonds is 56. The van der Waals surface area contributed by atoms with E-state index < -0.39 is 28.8 Å². The number of aryl methyl sites for hydroxylation is 2. The van der Waals surface area contributed by atoms with Crippen molar-refractivity contribution in [1.29, 1.82) is 0 Å². The van der Waals surface area contributed by atoms with E-state index in [0.717, 1.165) is 178 Å². The summed E-state index contributed by atoms with van der Waals surface area (Å²) >= 11 is 0. The Labute approximate surface area is 542 Å². The maximum Gasteiger partial charge on any atom is 0.308 e. The Balaban J connectivity index is 1.50. The Morgan fingerprint density at radius 1 is 0.416 bits per heavy atom. The molecule has 2 heterocycles. The zero-order chi connectivity index (χ0) is 65.5. The summed E-state index contributed by atoms with van der Waals surface area (Å²) in [6.07, 6.45) is 47.3. The fourth-order valence-electron chi connectivity index (χ4n) is 9.77. The average molecular weight is 1280 g/mol. The number of aromatic nitrogens is 6. The number of hydrogen-bond acceptors (Lipinski definition) is 15. The Morgan fingerprint density at radius 2 is 0.674 bits per heavy atom. The normalized spacial score (nSPS) is 12.8. The number of terminal acetylenes is 2. The molecular formula is C70H124N6O11Si2. The first-order valence-electron chi connectivity index (χ1n) is 34.8. The highest BCUT2D eigenvalue weighted by Crippen LogP contribution is 2.39. The molecule has 2 unspecified atom stereocenters. The lowest BCUT2D eigenvalue weighted by atomic mass is 10.1. The van der Waals surface area contributed by atoms with E-state index in [1.54, 1.807) is 0 Å². The maximum absolute atomic E-state index is 12.9. The third-order valence-electron chi connectivity index (χ3n) is 17.4. The number of unbranched alkanes of at least 4 members (excludes halogenated alkanes) is 26. The monoisotopic (exact) mass is 1280 g/mol. The summed E-state index contributed by atoms with van der Waals surface area (Å²) in [5, 5.41) is 17.2. The van der Waals surface area contributed by atoms with E-state index in [-0.39, 0.29) is 59.6 Å². The Morgan fingerprint density at radius 3 is 0.944 bits per heavy atom. The molecule has 508 valence electrons. The van der Waals surface area contributed by atoms with Crippen LogP contribution in [0.2, 0.25) is 36.3 Å². The van der Waals surface area contributed by atoms with Gasteiger partial charge < -0.3 is 32.5 Å². The summed E-state index contributed by atoms with van der Waals surface area (Å²) in [5.74, 6) is 4.10. The smallest absolute Gasteiger partial charge is 0.308 e. The minimum atomic E-state index is -2.24. The Hall–Kier alpha value is -4.41. The average Bonchev–Trinajstić information content (AvgIpc) is 3.08. The summed E-state index contributed by atoms with van der Waals surface area (Å²) in [6, 6.07) is 0. The van der Waals surface area contributed by atoms with Crippen molar-refractivity contribution in [2.45, 2.75) is 334 Å². The zero-order valence-corrected chi connectivity index (χ0v) is 59.8. The topological polar surface area (TPSA) is 194 Å². The maximum atomic E-state index is 12.9. The van der Waals surface area contributed by atoms with E-state index in [4.69, 9.17) is 45.4 Å². The molecular weight excluding hydrogens is 1160 g/mol. The summed E-state index contributed by atoms with van der Waals surface area (Å²) in [6.45, 7) is 25.3. The van der Waals surface area contributed by atoms with Gasteiger partial charge in [0.1, 0.15) is 0 Å². The first kappa shape index (κ1) is 80.7. The van der Waals surface area contributed by atoms with Crippen LogP contribution >= 0.6 is 0 Å². The van der Waals surface area contributed by atoms with Gasteiger partial charge in [-0.25, -0.2) is 9.36 Å². The molecule has 0 aliphatic heterocycles. The van der Waals surface area contributed by atoms with Crippen LogP contribution in [0.15, 0.2) is 12.4 Å². The van der Waals surface area contributed by atoms with Gasteiger partial charge in [0.25, 0.3) is 0 Å². The second kappa shape index (κ2) is 48.4. The number of nitrogens with zero attached hydrogens (tertiary/aromatic N) is 6. The van der Waals surface area contributed by atoms with Crippen LogP contribution in [0, 0.1) is 24.7 Å². The molecule has 2 atom stereocenters. The number of carbonyl (C=O) groups is 4. The van der Waals surface area contributed by atoms with E-state index in [1.807, 2.05) is 21.8 Å². The van der Waals surface area contributed by atoms with Gasteiger partial charge in [-0.3, -0.25) is 19.2 Å². The fourth-order valence-corrected chi connectivity index (χ4v) is 12.5. The molecule has 0 amide bonds. The van der Waals surface area contributed by atoms with Gasteiger partial charge in [-0.15, -0.1) is 34.9 Å². The summed E-state index contributed by atoms with van der Waals surface area (Å²) < 4.78 is 45.1. The molecule has 0 aliphatic carbocycles. The largest absolute Gasteiger partial charge is 0.466 e. The summed E-state index contributed by atoms with van der Waals surface area (Å²) in [5.41, 5.74) is 2.00. The first-order valence-corrected chi connectivity index (χ1v) is 40.6. The van der Waals surface area contributed by atoms with Crippen LogP contribution in [0.1, 0.15) is 271 Å². The van der Waals surface area contributed by atoms with Gasteiger partial charge in [0, 0.05) is 25.2 Å². The predicted octanol–water partition coefficient (Wildman–Crippen LogP) is 16.2. The molecule has 0 fully saturated rings. The minimum absolute atomic E-state index is 0.0487. The van der Waals surface area contributed by atoms with Crippen molar-refractivity contribution in [2.24, 2.45) is 0 Å². The molecule has 0 bridgehead atoms. The molecule has 0 N–H and O–H groups in total. The molecule has 2 aromatic rings. The molecule has 0 aliphatic rings. The molecule has 2 aromatic heterocycles. The zero-order valence-electron chi connectivity index (χ0n) is 57.8. The third kappa shape index (κ3) is 41.7. The molecule has 19 heteroatoms. The third-order valence-corrected chi connectivity index (χ3v) is 26.4. The second-order valence-electron chi connectivity index (χ2n) is 27.6. The molecule has 0 aromatic carbocycles. The van der Waals surface area contributed by atoms with Crippen molar-refractivity contribution < 1.29 is 51.7 Å². The summed E-state index contributed by atoms with van der Waals surface area (Å²) in [4.78, 5) is 51.5. The lowest BCUT2D eigenvalue weighted by Gasteiger charge is -2.39. The van der Waals surface area contributed by atoms with Crippen LogP contribution in [-0.2, 0) is 77.6 Å². The van der Waals surface area contributed by atoms with Crippen LogP contribution < -0.4 is 0 Å². The summed E-state index contributed by atoms with van der Waals surface area (Å²) in [7, 11) is -4.48. The molecule has 0 saturated heterocycles. The SMILES string of the molecule is C#CCCCCCCCCCOC(=O)CC(CC(=O)OCCCCCCCCCc1cn(CCOCCn2cc(CCCCCCCCCOC(=O)CC(CC(=O)OCCCCCCCCCC#C)O[Si](C)(C)C(C)(C)C)nn2)nn1)O[Si](C)(C)C(C)(C)C. The van der Waals surface area contributed by atoms with Crippen molar-refractivity contribution >= 4 is 40.5 Å². The van der Waals surface area contributed by atoms with Crippen molar-refractivity contribution in [3.8, 4) is 24.7 Å². The van der Waals surface area contributed by atoms with Crippen molar-refractivity contribution in [2.75, 3.05) is 39.6 Å². The van der Waals surface area contributed by atoms with E-state index >= 15 is 0 Å². The van der Waals surface area contributed by atoms with E-state index in [9.17, 15) is 19.2 Å². The highest BCUT2D eigenvalue weighted by atomic mass is 28.4. The first-order chi connectivity index (χ1) is 42.5. The van der Waals surface area contributed by atoms with Crippen molar-refractivity contribution in [3.63, 3.8) is 0 Å². The molecule has 2 rings (SSSR count). The van der Waals surface area contributed by atoms with Crippen molar-refractivity contribution in [1.82, 2.24) is 30.0 Å². The highest BCUT2D eigenvalue weighted by Gasteiger charge is 2.41. The second-order valence-corrected chi connectivity index (χ2v) is 37.1. The molecule has 0 saturated carbocycles. The number of ether oxygens (including phenoxy) is 5. The number of carbonyl (C=O) groups excluding carboxylic acids is 4. The molecule has 89 heavy (non-hydrogen) atoms. The Kier molecular flexibility index (Phi) is 43.8. The molecule has 0 spiro atoms. The quantitative estimate of drug-likeness (QED) is 0.0199.